The van der Waals surface area contributed by atoms with Gasteiger partial charge in [0.2, 0.25) is 11.8 Å². The molecule has 2 aliphatic heterocycles. The number of aromatic nitrogens is 1. The van der Waals surface area contributed by atoms with Crippen LogP contribution in [0.5, 0.6) is 17.4 Å². The molecule has 10 heteroatoms. The zero-order valence-electron chi connectivity index (χ0n) is 24.4. The molecule has 44 heavy (non-hydrogen) atoms. The molecule has 3 aromatic carbocycles. The molecule has 0 radical (unpaired) electrons. The van der Waals surface area contributed by atoms with Gasteiger partial charge in [0, 0.05) is 53.9 Å². The number of amides is 1. The van der Waals surface area contributed by atoms with Gasteiger partial charge in [0.1, 0.15) is 6.61 Å². The van der Waals surface area contributed by atoms with E-state index in [0.717, 1.165) is 52.9 Å². The summed E-state index contributed by atoms with van der Waals surface area (Å²) in [6.07, 6.45) is 2.17. The smallest absolute Gasteiger partial charge is 0.220 e. The van der Waals surface area contributed by atoms with E-state index in [-0.39, 0.29) is 18.1 Å². The zero-order valence-corrected chi connectivity index (χ0v) is 25.9. The molecule has 4 aromatic rings. The van der Waals surface area contributed by atoms with E-state index in [1.54, 1.807) is 20.3 Å². The number of nitrogens with zero attached hydrogens (tertiary/aromatic N) is 2. The van der Waals surface area contributed by atoms with E-state index in [1.165, 1.54) is 0 Å². The summed E-state index contributed by atoms with van der Waals surface area (Å²) in [7, 11) is 3.16. The number of carbonyl (C=O) groups is 2. The van der Waals surface area contributed by atoms with Gasteiger partial charge in [0.15, 0.2) is 17.8 Å². The Labute approximate surface area is 265 Å². The number of rotatable bonds is 10. The van der Waals surface area contributed by atoms with Gasteiger partial charge >= 0.3 is 0 Å². The molecular formula is C34H31Cl2N3O5. The molecular weight excluding hydrogens is 601 g/mol. The van der Waals surface area contributed by atoms with Crippen LogP contribution in [-0.4, -0.2) is 61.5 Å². The average molecular weight is 633 g/mol. The van der Waals surface area contributed by atoms with Crippen LogP contribution in [0.15, 0.2) is 66.7 Å². The maximum Gasteiger partial charge on any atom is 0.220 e. The molecule has 8 nitrogen and oxygen atoms in total. The van der Waals surface area contributed by atoms with Crippen LogP contribution >= 0.6 is 23.2 Å². The van der Waals surface area contributed by atoms with Gasteiger partial charge in [-0.15, -0.1) is 0 Å². The second-order valence-corrected chi connectivity index (χ2v) is 11.8. The second kappa shape index (κ2) is 12.5. The number of methoxy groups -OCH3 is 2. The Bertz CT molecular complexity index is 1740. The van der Waals surface area contributed by atoms with Crippen molar-refractivity contribution in [3.8, 4) is 50.9 Å². The van der Waals surface area contributed by atoms with Crippen molar-refractivity contribution in [2.24, 2.45) is 0 Å². The van der Waals surface area contributed by atoms with Crippen molar-refractivity contribution in [2.75, 3.05) is 33.9 Å². The minimum Gasteiger partial charge on any atom is -0.493 e. The summed E-state index contributed by atoms with van der Waals surface area (Å²) in [6, 6.07) is 21.0. The van der Waals surface area contributed by atoms with E-state index in [1.807, 2.05) is 60.7 Å². The highest BCUT2D eigenvalue weighted by molar-refractivity contribution is 6.39. The van der Waals surface area contributed by atoms with Crippen LogP contribution in [0.2, 0.25) is 10.0 Å². The average Bonchev–Trinajstić information content (AvgIpc) is 3.42. The number of halogens is 2. The topological polar surface area (TPSA) is 90.0 Å². The van der Waals surface area contributed by atoms with Gasteiger partial charge in [-0.25, -0.2) is 4.98 Å². The largest absolute Gasteiger partial charge is 0.493 e. The van der Waals surface area contributed by atoms with E-state index in [9.17, 15) is 9.59 Å². The number of hydrogen-bond acceptors (Lipinski definition) is 7. The molecule has 0 atom stereocenters. The van der Waals surface area contributed by atoms with Crippen molar-refractivity contribution in [1.29, 1.82) is 0 Å². The van der Waals surface area contributed by atoms with Crippen molar-refractivity contribution in [3.05, 3.63) is 82.3 Å². The van der Waals surface area contributed by atoms with Crippen molar-refractivity contribution in [1.82, 2.24) is 15.2 Å². The molecule has 2 saturated heterocycles. The summed E-state index contributed by atoms with van der Waals surface area (Å²) in [5, 5.41) is 4.17. The molecule has 0 aliphatic carbocycles. The summed E-state index contributed by atoms with van der Waals surface area (Å²) in [4.78, 5) is 29.6. The van der Waals surface area contributed by atoms with Crippen molar-refractivity contribution >= 4 is 35.4 Å². The molecule has 1 spiro atoms. The van der Waals surface area contributed by atoms with E-state index < -0.39 is 0 Å². The maximum absolute atomic E-state index is 11.7. The Balaban J connectivity index is 1.27. The fourth-order valence-electron chi connectivity index (χ4n) is 6.07. The minimum absolute atomic E-state index is 0.0653. The molecule has 2 aliphatic rings. The van der Waals surface area contributed by atoms with Gasteiger partial charge in [-0.3, -0.25) is 14.5 Å². The van der Waals surface area contributed by atoms with Crippen LogP contribution in [0.4, 0.5) is 0 Å². The van der Waals surface area contributed by atoms with Crippen LogP contribution in [0, 0.1) is 0 Å². The highest BCUT2D eigenvalue weighted by Gasteiger charge is 2.47. The van der Waals surface area contributed by atoms with Crippen molar-refractivity contribution < 1.29 is 23.8 Å². The summed E-state index contributed by atoms with van der Waals surface area (Å²) >= 11 is 14.1. The first-order valence-electron chi connectivity index (χ1n) is 14.2. The number of pyridine rings is 1. The summed E-state index contributed by atoms with van der Waals surface area (Å²) in [6.45, 7) is 2.26. The first kappa shape index (κ1) is 29.9. The molecule has 3 heterocycles. The van der Waals surface area contributed by atoms with Crippen LogP contribution in [0.25, 0.3) is 33.5 Å². The number of benzene rings is 3. The third kappa shape index (κ3) is 5.73. The summed E-state index contributed by atoms with van der Waals surface area (Å²) < 4.78 is 16.6. The number of ether oxygens (including phenoxy) is 3. The lowest BCUT2D eigenvalue weighted by Gasteiger charge is -2.48. The predicted molar refractivity (Wildman–Crippen MR) is 171 cm³/mol. The van der Waals surface area contributed by atoms with Crippen LogP contribution in [-0.2, 0) is 16.1 Å². The van der Waals surface area contributed by atoms with E-state index in [4.69, 9.17) is 42.4 Å². The predicted octanol–water partition coefficient (Wildman–Crippen LogP) is 6.45. The first-order valence-corrected chi connectivity index (χ1v) is 15.0. The molecule has 1 N–H and O–H groups in total. The lowest BCUT2D eigenvalue weighted by atomic mass is 9.88. The minimum atomic E-state index is -0.0781. The highest BCUT2D eigenvalue weighted by atomic mass is 35.5. The van der Waals surface area contributed by atoms with Gasteiger partial charge in [-0.1, -0.05) is 71.7 Å². The standard InChI is InChI=1S/C34H31Cl2N3O5/c1-42-29-17-21(10-12-28(29)44-16-15-40)23-5-3-6-24(31(23)35)25-7-4-8-26(32(25)36)27-11-9-22(33(37-27)43-2)18-39-19-34(20-39)14-13-30(41)38-34/h3-12,15,17H,13-14,16,18-20H2,1-2H3,(H,38,41). The summed E-state index contributed by atoms with van der Waals surface area (Å²) in [5.41, 5.74) is 5.48. The molecule has 0 saturated carbocycles. The van der Waals surface area contributed by atoms with Gasteiger partial charge in [-0.2, -0.15) is 0 Å². The molecule has 2 fully saturated rings. The number of likely N-dealkylation sites (tertiary alicyclic amines) is 1. The number of aldehydes is 1. The SMILES string of the molecule is COc1cc(-c2cccc(-c3cccc(-c4ccc(CN5CC6(CCC(=O)N6)C5)c(OC)n4)c3Cl)c2Cl)ccc1OCC=O. The van der Waals surface area contributed by atoms with Crippen LogP contribution < -0.4 is 19.5 Å². The summed E-state index contributed by atoms with van der Waals surface area (Å²) in [5.74, 6) is 1.64. The van der Waals surface area contributed by atoms with Crippen LogP contribution in [0.3, 0.4) is 0 Å². The van der Waals surface area contributed by atoms with Crippen LogP contribution in [0.1, 0.15) is 18.4 Å². The van der Waals surface area contributed by atoms with Crippen molar-refractivity contribution in [2.45, 2.75) is 24.9 Å². The quantitative estimate of drug-likeness (QED) is 0.201. The van der Waals surface area contributed by atoms with Gasteiger partial charge in [-0.05, 0) is 30.2 Å². The lowest BCUT2D eigenvalue weighted by Crippen LogP contribution is -2.66. The van der Waals surface area contributed by atoms with Crippen molar-refractivity contribution in [3.63, 3.8) is 0 Å². The Hall–Kier alpha value is -4.11. The molecule has 1 aromatic heterocycles. The fourth-order valence-corrected chi connectivity index (χ4v) is 6.73. The highest BCUT2D eigenvalue weighted by Crippen LogP contribution is 2.44. The number of carbonyl (C=O) groups excluding carboxylic acids is 2. The third-order valence-electron chi connectivity index (χ3n) is 8.16. The lowest BCUT2D eigenvalue weighted by molar-refractivity contribution is -0.120. The second-order valence-electron chi connectivity index (χ2n) is 11.0. The van der Waals surface area contributed by atoms with Gasteiger partial charge < -0.3 is 19.5 Å². The molecule has 0 unspecified atom stereocenters. The molecule has 1 amide bonds. The Morgan fingerprint density at radius 2 is 1.61 bits per heavy atom. The normalized spacial score (nSPS) is 15.5. The first-order chi connectivity index (χ1) is 21.3. The monoisotopic (exact) mass is 631 g/mol. The van der Waals surface area contributed by atoms with E-state index >= 15 is 0 Å². The fraction of sp³-hybridized carbons (Fsp3) is 0.265. The zero-order chi connectivity index (χ0) is 30.8. The third-order valence-corrected chi connectivity index (χ3v) is 8.97. The van der Waals surface area contributed by atoms with Gasteiger partial charge in [0.25, 0.3) is 0 Å². The van der Waals surface area contributed by atoms with E-state index in [0.29, 0.717) is 52.4 Å². The number of nitrogens with one attached hydrogen (secondary N) is 1. The Morgan fingerprint density at radius 1 is 0.909 bits per heavy atom. The Morgan fingerprint density at radius 3 is 2.27 bits per heavy atom. The maximum atomic E-state index is 11.7. The molecule has 226 valence electrons. The van der Waals surface area contributed by atoms with E-state index in [2.05, 4.69) is 10.2 Å². The molecule has 0 bridgehead atoms. The van der Waals surface area contributed by atoms with Gasteiger partial charge in [0.05, 0.1) is 35.5 Å². The Kier molecular flexibility index (Phi) is 8.49. The molecule has 6 rings (SSSR count). The number of hydrogen-bond donors (Lipinski definition) is 1.